The smallest absolute Gasteiger partial charge is 0.246 e. The molecule has 0 N–H and O–H groups in total. The van der Waals surface area contributed by atoms with E-state index in [1.165, 1.54) is 5.56 Å². The van der Waals surface area contributed by atoms with Crippen molar-refractivity contribution < 1.29 is 4.79 Å². The van der Waals surface area contributed by atoms with E-state index in [2.05, 4.69) is 25.5 Å². The van der Waals surface area contributed by atoms with Gasteiger partial charge in [-0.2, -0.15) is 0 Å². The monoisotopic (exact) mass is 228 g/mol. The molecule has 2 nitrogen and oxygen atoms in total. The number of carbonyl (C=O) groups is 1. The molecule has 1 amide bonds. The number of amides is 1. The van der Waals surface area contributed by atoms with E-state index in [1.54, 1.807) is 6.08 Å². The molecule has 0 atom stereocenters. The summed E-state index contributed by atoms with van der Waals surface area (Å²) in [5.74, 6) is 0.124. The van der Waals surface area contributed by atoms with Crippen molar-refractivity contribution in [3.05, 3.63) is 47.9 Å². The minimum absolute atomic E-state index is 0.124. The van der Waals surface area contributed by atoms with Crippen LogP contribution in [0.25, 0.3) is 6.08 Å². The average Bonchev–Trinajstić information content (AvgIpc) is 2.39. The summed E-state index contributed by atoms with van der Waals surface area (Å²) in [6, 6.07) is 8.17. The van der Waals surface area contributed by atoms with Gasteiger partial charge in [-0.15, -0.1) is 0 Å². The van der Waals surface area contributed by atoms with Gasteiger partial charge in [-0.25, -0.2) is 0 Å². The molecule has 0 saturated carbocycles. The zero-order chi connectivity index (χ0) is 12.1. The standard InChI is InChI=1S/C15H18NO/c1-13-5-7-14(8-6-13)9-10-15(17)16-11-3-2-4-12-16/h2,5-10H,3-4,11-12H2,1H3/b10-9+. The van der Waals surface area contributed by atoms with Gasteiger partial charge in [0, 0.05) is 19.2 Å². The van der Waals surface area contributed by atoms with Crippen LogP contribution < -0.4 is 0 Å². The largest absolute Gasteiger partial charge is 0.339 e. The molecule has 1 aromatic rings. The molecule has 1 heterocycles. The lowest BCUT2D eigenvalue weighted by atomic mass is 10.1. The topological polar surface area (TPSA) is 20.3 Å². The number of hydrogen-bond donors (Lipinski definition) is 0. The summed E-state index contributed by atoms with van der Waals surface area (Å²) in [6.45, 7) is 3.77. The molecule has 0 bridgehead atoms. The third-order valence-corrected chi connectivity index (χ3v) is 3.01. The molecule has 0 aromatic heterocycles. The molecule has 1 aromatic carbocycles. The molecule has 1 radical (unpaired) electrons. The maximum atomic E-state index is 11.9. The van der Waals surface area contributed by atoms with Gasteiger partial charge in [-0.1, -0.05) is 29.8 Å². The number of piperidine rings is 1. The Hall–Kier alpha value is -1.57. The van der Waals surface area contributed by atoms with E-state index < -0.39 is 0 Å². The van der Waals surface area contributed by atoms with Gasteiger partial charge in [0.1, 0.15) is 0 Å². The molecule has 1 saturated heterocycles. The Morgan fingerprint density at radius 3 is 2.47 bits per heavy atom. The lowest BCUT2D eigenvalue weighted by Crippen LogP contribution is -2.34. The van der Waals surface area contributed by atoms with Crippen molar-refractivity contribution in [2.24, 2.45) is 0 Å². The first-order valence-electron chi connectivity index (χ1n) is 6.11. The molecule has 1 fully saturated rings. The van der Waals surface area contributed by atoms with Crippen molar-refractivity contribution in [3.63, 3.8) is 0 Å². The Balaban J connectivity index is 1.95. The van der Waals surface area contributed by atoms with Crippen molar-refractivity contribution in [2.75, 3.05) is 13.1 Å². The maximum Gasteiger partial charge on any atom is 0.246 e. The van der Waals surface area contributed by atoms with Crippen LogP contribution >= 0.6 is 0 Å². The molecule has 0 spiro atoms. The van der Waals surface area contributed by atoms with Crippen molar-refractivity contribution in [1.82, 2.24) is 4.90 Å². The predicted octanol–water partition coefficient (Wildman–Crippen LogP) is 2.83. The van der Waals surface area contributed by atoms with Gasteiger partial charge in [0.05, 0.1) is 0 Å². The normalized spacial score (nSPS) is 16.4. The third-order valence-electron chi connectivity index (χ3n) is 3.01. The first-order chi connectivity index (χ1) is 8.25. The summed E-state index contributed by atoms with van der Waals surface area (Å²) in [4.78, 5) is 13.8. The van der Waals surface area contributed by atoms with Crippen LogP contribution in [0.2, 0.25) is 0 Å². The van der Waals surface area contributed by atoms with E-state index in [0.717, 1.165) is 31.5 Å². The number of carbonyl (C=O) groups excluding carboxylic acids is 1. The van der Waals surface area contributed by atoms with Gasteiger partial charge in [-0.05, 0) is 37.8 Å². The number of hydrogen-bond acceptors (Lipinski definition) is 1. The molecule has 89 valence electrons. The highest BCUT2D eigenvalue weighted by Gasteiger charge is 2.13. The minimum atomic E-state index is 0.124. The molecule has 1 aliphatic rings. The van der Waals surface area contributed by atoms with Crippen LogP contribution in [0.5, 0.6) is 0 Å². The summed E-state index contributed by atoms with van der Waals surface area (Å²) in [7, 11) is 0. The zero-order valence-corrected chi connectivity index (χ0v) is 10.2. The van der Waals surface area contributed by atoms with E-state index in [4.69, 9.17) is 0 Å². The van der Waals surface area contributed by atoms with Crippen molar-refractivity contribution in [2.45, 2.75) is 19.8 Å². The molecule has 17 heavy (non-hydrogen) atoms. The lowest BCUT2D eigenvalue weighted by Gasteiger charge is -2.25. The van der Waals surface area contributed by atoms with E-state index in [9.17, 15) is 4.79 Å². The fourth-order valence-corrected chi connectivity index (χ4v) is 1.92. The first kappa shape index (κ1) is 11.9. The van der Waals surface area contributed by atoms with Crippen LogP contribution in [0.15, 0.2) is 30.3 Å². The van der Waals surface area contributed by atoms with E-state index in [-0.39, 0.29) is 5.91 Å². The molecule has 2 rings (SSSR count). The van der Waals surface area contributed by atoms with E-state index >= 15 is 0 Å². The molecular formula is C15H18NO. The second-order valence-corrected chi connectivity index (χ2v) is 4.44. The van der Waals surface area contributed by atoms with Gasteiger partial charge in [0.2, 0.25) is 5.91 Å². The van der Waals surface area contributed by atoms with Crippen LogP contribution in [0.4, 0.5) is 0 Å². The molecule has 2 heteroatoms. The van der Waals surface area contributed by atoms with Crippen molar-refractivity contribution in [3.8, 4) is 0 Å². The van der Waals surface area contributed by atoms with Crippen LogP contribution in [-0.4, -0.2) is 23.9 Å². The van der Waals surface area contributed by atoms with Crippen molar-refractivity contribution >= 4 is 12.0 Å². The number of rotatable bonds is 2. The highest BCUT2D eigenvalue weighted by molar-refractivity contribution is 5.91. The first-order valence-corrected chi connectivity index (χ1v) is 6.11. The van der Waals surface area contributed by atoms with Crippen LogP contribution in [0, 0.1) is 13.3 Å². The highest BCUT2D eigenvalue weighted by atomic mass is 16.2. The summed E-state index contributed by atoms with van der Waals surface area (Å²) >= 11 is 0. The quantitative estimate of drug-likeness (QED) is 0.713. The van der Waals surface area contributed by atoms with Gasteiger partial charge >= 0.3 is 0 Å². The SMILES string of the molecule is Cc1ccc(/C=C/C(=O)N2CC[CH]CC2)cc1. The Morgan fingerprint density at radius 1 is 1.18 bits per heavy atom. The molecular weight excluding hydrogens is 210 g/mol. The van der Waals surface area contributed by atoms with Gasteiger partial charge in [0.15, 0.2) is 0 Å². The zero-order valence-electron chi connectivity index (χ0n) is 10.2. The lowest BCUT2D eigenvalue weighted by molar-refractivity contribution is -0.126. The second-order valence-electron chi connectivity index (χ2n) is 4.44. The number of nitrogens with zero attached hydrogens (tertiary/aromatic N) is 1. The number of aryl methyl sites for hydroxylation is 1. The second kappa shape index (κ2) is 5.67. The Kier molecular flexibility index (Phi) is 3.97. The maximum absolute atomic E-state index is 11.9. The predicted molar refractivity (Wildman–Crippen MR) is 70.3 cm³/mol. The Bertz CT molecular complexity index is 399. The highest BCUT2D eigenvalue weighted by Crippen LogP contribution is 2.09. The van der Waals surface area contributed by atoms with E-state index in [1.807, 2.05) is 23.1 Å². The average molecular weight is 228 g/mol. The van der Waals surface area contributed by atoms with Gasteiger partial charge in [0.25, 0.3) is 0 Å². The summed E-state index contributed by atoms with van der Waals surface area (Å²) in [6.07, 6.45) is 7.85. The van der Waals surface area contributed by atoms with Gasteiger partial charge in [-0.3, -0.25) is 4.79 Å². The number of likely N-dealkylation sites (tertiary alicyclic amines) is 1. The van der Waals surface area contributed by atoms with Crippen LogP contribution in [-0.2, 0) is 4.79 Å². The summed E-state index contributed by atoms with van der Waals surface area (Å²) in [5.41, 5.74) is 2.31. The van der Waals surface area contributed by atoms with E-state index in [0.29, 0.717) is 0 Å². The molecule has 0 unspecified atom stereocenters. The Morgan fingerprint density at radius 2 is 1.82 bits per heavy atom. The fraction of sp³-hybridized carbons (Fsp3) is 0.333. The van der Waals surface area contributed by atoms with Gasteiger partial charge < -0.3 is 4.90 Å². The molecule has 0 aliphatic carbocycles. The molecule has 1 aliphatic heterocycles. The summed E-state index contributed by atoms with van der Waals surface area (Å²) in [5, 5.41) is 0. The summed E-state index contributed by atoms with van der Waals surface area (Å²) < 4.78 is 0. The van der Waals surface area contributed by atoms with Crippen LogP contribution in [0.3, 0.4) is 0 Å². The fourth-order valence-electron chi connectivity index (χ4n) is 1.92. The third kappa shape index (κ3) is 3.45. The van der Waals surface area contributed by atoms with Crippen molar-refractivity contribution in [1.29, 1.82) is 0 Å². The minimum Gasteiger partial charge on any atom is -0.339 e. The number of benzene rings is 1. The van der Waals surface area contributed by atoms with Crippen LogP contribution in [0.1, 0.15) is 24.0 Å². The Labute approximate surface area is 103 Å².